The summed E-state index contributed by atoms with van der Waals surface area (Å²) in [6.45, 7) is 5.89. The molecular weight excluding hydrogens is 270 g/mol. The Morgan fingerprint density at radius 3 is 2.67 bits per heavy atom. The molecule has 1 amide bonds. The first kappa shape index (κ1) is 14.8. The van der Waals surface area contributed by atoms with Crippen molar-refractivity contribution in [2.45, 2.75) is 32.9 Å². The van der Waals surface area contributed by atoms with Gasteiger partial charge in [-0.1, -0.05) is 0 Å². The molecule has 0 saturated carbocycles. The van der Waals surface area contributed by atoms with Gasteiger partial charge in [-0.2, -0.15) is 5.10 Å². The van der Waals surface area contributed by atoms with E-state index in [-0.39, 0.29) is 0 Å². The van der Waals surface area contributed by atoms with Crippen molar-refractivity contribution in [1.29, 1.82) is 0 Å². The van der Waals surface area contributed by atoms with Gasteiger partial charge in [0.2, 0.25) is 0 Å². The van der Waals surface area contributed by atoms with Crippen LogP contribution in [0.15, 0.2) is 30.7 Å². The SMILES string of the molecule is CC(C)(C)OC(=O)Nc1cnn(Cc2ccncc2)c1N. The maximum atomic E-state index is 11.7. The molecule has 2 heterocycles. The normalized spacial score (nSPS) is 11.2. The van der Waals surface area contributed by atoms with Gasteiger partial charge >= 0.3 is 6.09 Å². The molecular formula is C14H19N5O2. The predicted molar refractivity (Wildman–Crippen MR) is 79.8 cm³/mol. The highest BCUT2D eigenvalue weighted by atomic mass is 16.6. The Morgan fingerprint density at radius 1 is 1.38 bits per heavy atom. The van der Waals surface area contributed by atoms with E-state index in [0.717, 1.165) is 5.56 Å². The van der Waals surface area contributed by atoms with E-state index in [0.29, 0.717) is 18.1 Å². The standard InChI is InChI=1S/C14H19N5O2/c1-14(2,3)21-13(20)18-11-8-17-19(12(11)15)9-10-4-6-16-7-5-10/h4-8H,9,15H2,1-3H3,(H,18,20). The van der Waals surface area contributed by atoms with Crippen LogP contribution in [0.4, 0.5) is 16.3 Å². The summed E-state index contributed by atoms with van der Waals surface area (Å²) in [5.74, 6) is 0.373. The largest absolute Gasteiger partial charge is 0.444 e. The molecule has 112 valence electrons. The molecule has 7 nitrogen and oxygen atoms in total. The maximum absolute atomic E-state index is 11.7. The number of carbonyl (C=O) groups excluding carboxylic acids is 1. The second-order valence-corrected chi connectivity index (χ2v) is 5.58. The summed E-state index contributed by atoms with van der Waals surface area (Å²) < 4.78 is 6.77. The lowest BCUT2D eigenvalue weighted by atomic mass is 10.2. The summed E-state index contributed by atoms with van der Waals surface area (Å²) in [5, 5.41) is 6.75. The molecule has 0 unspecified atom stereocenters. The first-order valence-corrected chi connectivity index (χ1v) is 6.55. The van der Waals surface area contributed by atoms with Crippen LogP contribution in [0, 0.1) is 0 Å². The Kier molecular flexibility index (Phi) is 4.11. The Labute approximate surface area is 123 Å². The number of amides is 1. The van der Waals surface area contributed by atoms with Gasteiger partial charge in [0.05, 0.1) is 12.7 Å². The number of hydrogen-bond donors (Lipinski definition) is 2. The highest BCUT2D eigenvalue weighted by molar-refractivity contribution is 5.88. The van der Waals surface area contributed by atoms with Gasteiger partial charge in [-0.15, -0.1) is 0 Å². The molecule has 2 aromatic heterocycles. The first-order valence-electron chi connectivity index (χ1n) is 6.55. The van der Waals surface area contributed by atoms with Crippen LogP contribution < -0.4 is 11.1 Å². The molecule has 0 bridgehead atoms. The number of hydrogen-bond acceptors (Lipinski definition) is 5. The van der Waals surface area contributed by atoms with Crippen molar-refractivity contribution in [2.75, 3.05) is 11.1 Å². The number of rotatable bonds is 3. The number of ether oxygens (including phenoxy) is 1. The zero-order valence-corrected chi connectivity index (χ0v) is 12.3. The van der Waals surface area contributed by atoms with E-state index in [9.17, 15) is 4.79 Å². The molecule has 0 atom stereocenters. The van der Waals surface area contributed by atoms with Gasteiger partial charge < -0.3 is 10.5 Å². The molecule has 0 aliphatic carbocycles. The summed E-state index contributed by atoms with van der Waals surface area (Å²) in [4.78, 5) is 15.7. The van der Waals surface area contributed by atoms with Crippen LogP contribution in [0.1, 0.15) is 26.3 Å². The van der Waals surface area contributed by atoms with E-state index < -0.39 is 11.7 Å². The molecule has 0 aliphatic rings. The molecule has 21 heavy (non-hydrogen) atoms. The van der Waals surface area contributed by atoms with Gasteiger partial charge in [0.15, 0.2) is 0 Å². The van der Waals surface area contributed by atoms with Gasteiger partial charge in [0.1, 0.15) is 17.1 Å². The second kappa shape index (κ2) is 5.82. The number of nitrogens with two attached hydrogens (primary N) is 1. The number of anilines is 2. The van der Waals surface area contributed by atoms with Gasteiger partial charge in [-0.05, 0) is 38.5 Å². The molecule has 0 saturated heterocycles. The van der Waals surface area contributed by atoms with E-state index in [2.05, 4.69) is 15.4 Å². The quantitative estimate of drug-likeness (QED) is 0.903. The van der Waals surface area contributed by atoms with E-state index in [1.54, 1.807) is 37.8 Å². The predicted octanol–water partition coefficient (Wildman–Crippen LogP) is 2.26. The fourth-order valence-electron chi connectivity index (χ4n) is 1.69. The third kappa shape index (κ3) is 4.20. The monoisotopic (exact) mass is 289 g/mol. The van der Waals surface area contributed by atoms with Crippen molar-refractivity contribution < 1.29 is 9.53 Å². The zero-order chi connectivity index (χ0) is 15.5. The molecule has 3 N–H and O–H groups in total. The second-order valence-electron chi connectivity index (χ2n) is 5.58. The number of aromatic nitrogens is 3. The number of nitrogens with zero attached hydrogens (tertiary/aromatic N) is 3. The summed E-state index contributed by atoms with van der Waals surface area (Å²) >= 11 is 0. The lowest BCUT2D eigenvalue weighted by Gasteiger charge is -2.19. The molecule has 2 rings (SSSR count). The minimum Gasteiger partial charge on any atom is -0.444 e. The van der Waals surface area contributed by atoms with Gasteiger partial charge in [0.25, 0.3) is 0 Å². The smallest absolute Gasteiger partial charge is 0.412 e. The molecule has 7 heteroatoms. The summed E-state index contributed by atoms with van der Waals surface area (Å²) in [5.41, 5.74) is 6.86. The fraction of sp³-hybridized carbons (Fsp3) is 0.357. The number of nitrogens with one attached hydrogen (secondary N) is 1. The Bertz CT molecular complexity index is 616. The van der Waals surface area contributed by atoms with Crippen molar-refractivity contribution >= 4 is 17.6 Å². The highest BCUT2D eigenvalue weighted by Gasteiger charge is 2.18. The average molecular weight is 289 g/mol. The maximum Gasteiger partial charge on any atom is 0.412 e. The van der Waals surface area contributed by atoms with Crippen molar-refractivity contribution in [3.05, 3.63) is 36.3 Å². The first-order chi connectivity index (χ1) is 9.85. The lowest BCUT2D eigenvalue weighted by molar-refractivity contribution is 0.0636. The van der Waals surface area contributed by atoms with Crippen molar-refractivity contribution in [1.82, 2.24) is 14.8 Å². The number of nitrogen functional groups attached to an aromatic ring is 1. The zero-order valence-electron chi connectivity index (χ0n) is 12.3. The van der Waals surface area contributed by atoms with Crippen molar-refractivity contribution in [3.63, 3.8) is 0 Å². The Balaban J connectivity index is 2.05. The van der Waals surface area contributed by atoms with Crippen LogP contribution >= 0.6 is 0 Å². The molecule has 0 aromatic carbocycles. The van der Waals surface area contributed by atoms with E-state index in [1.165, 1.54) is 6.20 Å². The van der Waals surface area contributed by atoms with E-state index in [4.69, 9.17) is 10.5 Å². The third-order valence-electron chi connectivity index (χ3n) is 2.60. The van der Waals surface area contributed by atoms with E-state index in [1.807, 2.05) is 12.1 Å². The minimum absolute atomic E-state index is 0.373. The number of carbonyl (C=O) groups is 1. The van der Waals surface area contributed by atoms with Crippen LogP contribution in [0.3, 0.4) is 0 Å². The van der Waals surface area contributed by atoms with Crippen LogP contribution in [0.2, 0.25) is 0 Å². The lowest BCUT2D eigenvalue weighted by Crippen LogP contribution is -2.27. The highest BCUT2D eigenvalue weighted by Crippen LogP contribution is 2.19. The summed E-state index contributed by atoms with van der Waals surface area (Å²) in [7, 11) is 0. The summed E-state index contributed by atoms with van der Waals surface area (Å²) in [6.07, 6.45) is 4.35. The molecule has 0 aliphatic heterocycles. The van der Waals surface area contributed by atoms with Crippen LogP contribution in [-0.4, -0.2) is 26.5 Å². The van der Waals surface area contributed by atoms with Gasteiger partial charge in [0, 0.05) is 12.4 Å². The minimum atomic E-state index is -0.564. The van der Waals surface area contributed by atoms with Gasteiger partial charge in [-0.25, -0.2) is 9.48 Å². The van der Waals surface area contributed by atoms with E-state index >= 15 is 0 Å². The molecule has 0 radical (unpaired) electrons. The molecule has 0 spiro atoms. The Hall–Kier alpha value is -2.57. The topological polar surface area (TPSA) is 95.1 Å². The molecule has 0 fully saturated rings. The number of pyridine rings is 1. The Morgan fingerprint density at radius 2 is 2.05 bits per heavy atom. The van der Waals surface area contributed by atoms with Crippen LogP contribution in [-0.2, 0) is 11.3 Å². The van der Waals surface area contributed by atoms with Crippen molar-refractivity contribution in [2.24, 2.45) is 0 Å². The van der Waals surface area contributed by atoms with Crippen LogP contribution in [0.5, 0.6) is 0 Å². The van der Waals surface area contributed by atoms with Gasteiger partial charge in [-0.3, -0.25) is 10.3 Å². The van der Waals surface area contributed by atoms with Crippen LogP contribution in [0.25, 0.3) is 0 Å². The summed E-state index contributed by atoms with van der Waals surface area (Å²) in [6, 6.07) is 3.75. The average Bonchev–Trinajstić information content (AvgIpc) is 2.70. The fourth-order valence-corrected chi connectivity index (χ4v) is 1.69. The molecule has 2 aromatic rings. The third-order valence-corrected chi connectivity index (χ3v) is 2.60. The van der Waals surface area contributed by atoms with Crippen molar-refractivity contribution in [3.8, 4) is 0 Å².